The highest BCUT2D eigenvalue weighted by Crippen LogP contribution is 2.38. The molecule has 0 radical (unpaired) electrons. The van der Waals surface area contributed by atoms with Crippen molar-refractivity contribution in [2.45, 2.75) is 37.6 Å². The van der Waals surface area contributed by atoms with E-state index in [-0.39, 0.29) is 17.9 Å². The molecule has 0 heterocycles. The van der Waals surface area contributed by atoms with Crippen molar-refractivity contribution in [1.29, 1.82) is 0 Å². The van der Waals surface area contributed by atoms with Crippen LogP contribution in [0.1, 0.15) is 54.3 Å². The molecule has 0 spiro atoms. The van der Waals surface area contributed by atoms with Gasteiger partial charge in [-0.2, -0.15) is 0 Å². The van der Waals surface area contributed by atoms with E-state index in [0.717, 1.165) is 34.0 Å². The SMILES string of the molecule is O=C(NC(c1ccccc1)c1ccccc1Br)C(c1ccccc1)C1CCCC1. The van der Waals surface area contributed by atoms with Crippen LogP contribution in [0.3, 0.4) is 0 Å². The molecule has 0 aromatic heterocycles. The van der Waals surface area contributed by atoms with Gasteiger partial charge in [0, 0.05) is 4.47 Å². The summed E-state index contributed by atoms with van der Waals surface area (Å²) in [5.41, 5.74) is 3.28. The van der Waals surface area contributed by atoms with Crippen LogP contribution in [-0.2, 0) is 4.79 Å². The van der Waals surface area contributed by atoms with Gasteiger partial charge in [-0.25, -0.2) is 0 Å². The number of amides is 1. The number of hydrogen-bond donors (Lipinski definition) is 1. The summed E-state index contributed by atoms with van der Waals surface area (Å²) >= 11 is 3.68. The number of hydrogen-bond acceptors (Lipinski definition) is 1. The third-order valence-corrected chi connectivity index (χ3v) is 6.67. The number of halogens is 1. The van der Waals surface area contributed by atoms with Gasteiger partial charge in [-0.15, -0.1) is 0 Å². The molecular weight excluding hydrogens is 422 g/mol. The molecule has 4 rings (SSSR count). The summed E-state index contributed by atoms with van der Waals surface area (Å²) in [4.78, 5) is 13.7. The lowest BCUT2D eigenvalue weighted by atomic mass is 9.83. The predicted molar refractivity (Wildman–Crippen MR) is 122 cm³/mol. The molecule has 2 atom stereocenters. The van der Waals surface area contributed by atoms with Gasteiger partial charge >= 0.3 is 0 Å². The van der Waals surface area contributed by atoms with E-state index in [1.165, 1.54) is 12.8 Å². The highest BCUT2D eigenvalue weighted by Gasteiger charge is 2.33. The van der Waals surface area contributed by atoms with E-state index >= 15 is 0 Å². The molecule has 3 heteroatoms. The highest BCUT2D eigenvalue weighted by atomic mass is 79.9. The Kier molecular flexibility index (Phi) is 6.46. The van der Waals surface area contributed by atoms with Crippen LogP contribution in [0.2, 0.25) is 0 Å². The summed E-state index contributed by atoms with van der Waals surface area (Å²) in [7, 11) is 0. The minimum atomic E-state index is -0.188. The number of benzene rings is 3. The lowest BCUT2D eigenvalue weighted by molar-refractivity contribution is -0.124. The molecular formula is C26H26BrNO. The van der Waals surface area contributed by atoms with E-state index in [9.17, 15) is 4.79 Å². The Labute approximate surface area is 181 Å². The maximum Gasteiger partial charge on any atom is 0.228 e. The van der Waals surface area contributed by atoms with E-state index in [0.29, 0.717) is 5.92 Å². The topological polar surface area (TPSA) is 29.1 Å². The van der Waals surface area contributed by atoms with Crippen molar-refractivity contribution >= 4 is 21.8 Å². The fourth-order valence-corrected chi connectivity index (χ4v) is 5.03. The molecule has 148 valence electrons. The summed E-state index contributed by atoms with van der Waals surface area (Å²) in [6.07, 6.45) is 4.68. The second-order valence-electron chi connectivity index (χ2n) is 7.81. The average Bonchev–Trinajstić information content (AvgIpc) is 3.28. The zero-order valence-electron chi connectivity index (χ0n) is 16.4. The molecule has 2 unspecified atom stereocenters. The van der Waals surface area contributed by atoms with Crippen LogP contribution >= 0.6 is 15.9 Å². The Morgan fingerprint density at radius 1 is 0.793 bits per heavy atom. The van der Waals surface area contributed by atoms with Gasteiger partial charge in [-0.05, 0) is 41.5 Å². The number of carbonyl (C=O) groups excluding carboxylic acids is 1. The predicted octanol–water partition coefficient (Wildman–Crippen LogP) is 6.63. The van der Waals surface area contributed by atoms with E-state index in [4.69, 9.17) is 0 Å². The number of carbonyl (C=O) groups is 1. The number of rotatable bonds is 6. The van der Waals surface area contributed by atoms with Crippen LogP contribution in [0, 0.1) is 5.92 Å². The van der Waals surface area contributed by atoms with Gasteiger partial charge in [0.25, 0.3) is 0 Å². The molecule has 2 nitrogen and oxygen atoms in total. The largest absolute Gasteiger partial charge is 0.345 e. The molecule has 1 saturated carbocycles. The standard InChI is InChI=1S/C26H26BrNO/c27-23-18-10-9-17-22(23)25(21-15-5-2-6-16-21)28-26(29)24(20-13-7-8-14-20)19-11-3-1-4-12-19/h1-6,9-12,15-18,20,24-25H,7-8,13-14H2,(H,28,29). The smallest absolute Gasteiger partial charge is 0.228 e. The van der Waals surface area contributed by atoms with Crippen LogP contribution in [0.4, 0.5) is 0 Å². The van der Waals surface area contributed by atoms with Crippen molar-refractivity contribution < 1.29 is 4.79 Å². The molecule has 1 amide bonds. The van der Waals surface area contributed by atoms with Gasteiger partial charge in [0.2, 0.25) is 5.91 Å². The first kappa shape index (κ1) is 19.9. The zero-order valence-corrected chi connectivity index (χ0v) is 18.0. The van der Waals surface area contributed by atoms with Gasteiger partial charge in [-0.1, -0.05) is 108 Å². The highest BCUT2D eigenvalue weighted by molar-refractivity contribution is 9.10. The lowest BCUT2D eigenvalue weighted by Crippen LogP contribution is -2.36. The lowest BCUT2D eigenvalue weighted by Gasteiger charge is -2.27. The first-order valence-corrected chi connectivity index (χ1v) is 11.2. The number of nitrogens with one attached hydrogen (secondary N) is 1. The first-order valence-electron chi connectivity index (χ1n) is 10.4. The Morgan fingerprint density at radius 2 is 1.34 bits per heavy atom. The summed E-state index contributed by atoms with van der Waals surface area (Å²) in [5.74, 6) is 0.424. The van der Waals surface area contributed by atoms with Crippen molar-refractivity contribution in [2.75, 3.05) is 0 Å². The Bertz CT molecular complexity index is 935. The average molecular weight is 448 g/mol. The molecule has 1 fully saturated rings. The summed E-state index contributed by atoms with van der Waals surface area (Å²) < 4.78 is 1.01. The van der Waals surface area contributed by atoms with Gasteiger partial charge in [0.1, 0.15) is 0 Å². The van der Waals surface area contributed by atoms with Gasteiger partial charge in [0.15, 0.2) is 0 Å². The van der Waals surface area contributed by atoms with Crippen LogP contribution in [0.15, 0.2) is 89.4 Å². The molecule has 29 heavy (non-hydrogen) atoms. The van der Waals surface area contributed by atoms with Crippen molar-refractivity contribution in [3.63, 3.8) is 0 Å². The first-order chi connectivity index (χ1) is 14.2. The molecule has 0 aliphatic heterocycles. The van der Waals surface area contributed by atoms with E-state index in [2.05, 4.69) is 51.6 Å². The van der Waals surface area contributed by atoms with Crippen LogP contribution in [-0.4, -0.2) is 5.91 Å². The zero-order chi connectivity index (χ0) is 20.1. The maximum absolute atomic E-state index is 13.7. The Hall–Kier alpha value is -2.39. The molecule has 3 aromatic rings. The molecule has 1 aliphatic carbocycles. The molecule has 0 saturated heterocycles. The van der Waals surface area contributed by atoms with Crippen molar-refractivity contribution in [3.05, 3.63) is 106 Å². The summed E-state index contributed by atoms with van der Waals surface area (Å²) in [6, 6.07) is 28.4. The van der Waals surface area contributed by atoms with Gasteiger partial charge in [-0.3, -0.25) is 4.79 Å². The maximum atomic E-state index is 13.7. The normalized spacial score (nSPS) is 16.3. The van der Waals surface area contributed by atoms with E-state index in [1.807, 2.05) is 54.6 Å². The molecule has 0 bridgehead atoms. The second kappa shape index (κ2) is 9.41. The Balaban J connectivity index is 1.68. The fourth-order valence-electron chi connectivity index (χ4n) is 4.52. The molecule has 1 aliphatic rings. The van der Waals surface area contributed by atoms with Crippen molar-refractivity contribution in [1.82, 2.24) is 5.32 Å². The van der Waals surface area contributed by atoms with Crippen molar-refractivity contribution in [2.24, 2.45) is 5.92 Å². The molecule has 1 N–H and O–H groups in total. The van der Waals surface area contributed by atoms with Crippen LogP contribution in [0.5, 0.6) is 0 Å². The third-order valence-electron chi connectivity index (χ3n) is 5.95. The third kappa shape index (κ3) is 4.62. The monoisotopic (exact) mass is 447 g/mol. The fraction of sp³-hybridized carbons (Fsp3) is 0.269. The quantitative estimate of drug-likeness (QED) is 0.451. The van der Waals surface area contributed by atoms with Crippen molar-refractivity contribution in [3.8, 4) is 0 Å². The summed E-state index contributed by atoms with van der Waals surface area (Å²) in [6.45, 7) is 0. The summed E-state index contributed by atoms with van der Waals surface area (Å²) in [5, 5.41) is 3.40. The Morgan fingerprint density at radius 3 is 1.97 bits per heavy atom. The van der Waals surface area contributed by atoms with Gasteiger partial charge in [0.05, 0.1) is 12.0 Å². The minimum Gasteiger partial charge on any atom is -0.345 e. The van der Waals surface area contributed by atoms with E-state index < -0.39 is 0 Å². The van der Waals surface area contributed by atoms with Gasteiger partial charge < -0.3 is 5.32 Å². The minimum absolute atomic E-state index is 0.104. The van der Waals surface area contributed by atoms with Crippen LogP contribution in [0.25, 0.3) is 0 Å². The second-order valence-corrected chi connectivity index (χ2v) is 8.66. The molecule has 3 aromatic carbocycles. The van der Waals surface area contributed by atoms with Crippen LogP contribution < -0.4 is 5.32 Å². The van der Waals surface area contributed by atoms with E-state index in [1.54, 1.807) is 0 Å².